The fraction of sp³-hybridized carbons (Fsp3) is 0.0769. The number of halogens is 1. The Morgan fingerprint density at radius 3 is 2.55 bits per heavy atom. The number of sulfonamides is 1. The predicted octanol–water partition coefficient (Wildman–Crippen LogP) is 2.73. The van der Waals surface area contributed by atoms with Crippen molar-refractivity contribution in [2.24, 2.45) is 0 Å². The topological polar surface area (TPSA) is 81.4 Å². The molecule has 0 aromatic heterocycles. The molecule has 0 aliphatic rings. The predicted molar refractivity (Wildman–Crippen MR) is 79.7 cm³/mol. The van der Waals surface area contributed by atoms with E-state index in [-0.39, 0.29) is 4.90 Å². The highest BCUT2D eigenvalue weighted by Gasteiger charge is 2.15. The monoisotopic (exact) mass is 312 g/mol. The van der Waals surface area contributed by atoms with Gasteiger partial charge in [0.05, 0.1) is 22.7 Å². The van der Waals surface area contributed by atoms with Crippen LogP contribution in [0.15, 0.2) is 47.4 Å². The summed E-state index contributed by atoms with van der Waals surface area (Å²) in [6, 6.07) is 10.7. The van der Waals surface area contributed by atoms with E-state index in [1.807, 2.05) is 0 Å². The van der Waals surface area contributed by atoms with E-state index in [1.54, 1.807) is 24.3 Å². The number of nitrogens with two attached hydrogens (primary N) is 1. The summed E-state index contributed by atoms with van der Waals surface area (Å²) >= 11 is 5.95. The van der Waals surface area contributed by atoms with E-state index in [0.29, 0.717) is 22.1 Å². The lowest BCUT2D eigenvalue weighted by Gasteiger charge is -2.10. The molecule has 0 amide bonds. The molecule has 3 N–H and O–H groups in total. The molecule has 0 saturated carbocycles. The summed E-state index contributed by atoms with van der Waals surface area (Å²) in [5.41, 5.74) is 6.30. The van der Waals surface area contributed by atoms with Crippen molar-refractivity contribution >= 4 is 33.0 Å². The molecule has 0 atom stereocenters. The molecular formula is C13H13ClN2O3S. The van der Waals surface area contributed by atoms with Gasteiger partial charge in [0.2, 0.25) is 0 Å². The van der Waals surface area contributed by atoms with Gasteiger partial charge in [-0.2, -0.15) is 0 Å². The molecule has 5 nitrogen and oxygen atoms in total. The van der Waals surface area contributed by atoms with E-state index in [0.717, 1.165) is 0 Å². The summed E-state index contributed by atoms with van der Waals surface area (Å²) in [6.45, 7) is 0. The third-order valence-electron chi connectivity index (χ3n) is 2.57. The molecular weight excluding hydrogens is 300 g/mol. The zero-order chi connectivity index (χ0) is 14.8. The number of benzene rings is 2. The Labute approximate surface area is 122 Å². The first-order valence-electron chi connectivity index (χ1n) is 5.64. The minimum absolute atomic E-state index is 0.0874. The molecule has 0 heterocycles. The van der Waals surface area contributed by atoms with Gasteiger partial charge < -0.3 is 10.5 Å². The van der Waals surface area contributed by atoms with Gasteiger partial charge in [-0.1, -0.05) is 17.7 Å². The maximum atomic E-state index is 12.2. The Kier molecular flexibility index (Phi) is 4.06. The van der Waals surface area contributed by atoms with E-state index in [2.05, 4.69) is 4.72 Å². The molecule has 2 aromatic rings. The molecule has 7 heteroatoms. The van der Waals surface area contributed by atoms with Gasteiger partial charge in [0.15, 0.2) is 0 Å². The maximum Gasteiger partial charge on any atom is 0.261 e. The van der Waals surface area contributed by atoms with Crippen LogP contribution in [0.5, 0.6) is 5.75 Å². The number of anilines is 2. The Morgan fingerprint density at radius 2 is 1.95 bits per heavy atom. The zero-order valence-electron chi connectivity index (χ0n) is 10.6. The minimum Gasteiger partial charge on any atom is -0.495 e. The van der Waals surface area contributed by atoms with Crippen LogP contribution in [-0.4, -0.2) is 15.5 Å². The van der Waals surface area contributed by atoms with Crippen LogP contribution < -0.4 is 15.2 Å². The highest BCUT2D eigenvalue weighted by Crippen LogP contribution is 2.28. The van der Waals surface area contributed by atoms with E-state index in [9.17, 15) is 8.42 Å². The fourth-order valence-electron chi connectivity index (χ4n) is 1.63. The Balaban J connectivity index is 2.31. The van der Waals surface area contributed by atoms with Crippen LogP contribution in [0.4, 0.5) is 11.4 Å². The Morgan fingerprint density at radius 1 is 1.20 bits per heavy atom. The Hall–Kier alpha value is -1.92. The van der Waals surface area contributed by atoms with Gasteiger partial charge in [0, 0.05) is 5.69 Å². The standard InChI is InChI=1S/C13H13ClN2O3S/c1-19-13-6-5-10(8-12(13)14)16-20(17,18)11-4-2-3-9(15)7-11/h2-8,16H,15H2,1H3. The van der Waals surface area contributed by atoms with E-state index >= 15 is 0 Å². The largest absolute Gasteiger partial charge is 0.495 e. The molecule has 2 aromatic carbocycles. The smallest absolute Gasteiger partial charge is 0.261 e. The summed E-state index contributed by atoms with van der Waals surface area (Å²) in [6.07, 6.45) is 0. The second kappa shape index (κ2) is 5.60. The van der Waals surface area contributed by atoms with Crippen molar-refractivity contribution in [1.82, 2.24) is 0 Å². The van der Waals surface area contributed by atoms with Gasteiger partial charge in [0.1, 0.15) is 5.75 Å². The molecule has 0 aliphatic carbocycles. The van der Waals surface area contributed by atoms with Crippen molar-refractivity contribution in [3.63, 3.8) is 0 Å². The molecule has 106 valence electrons. The highest BCUT2D eigenvalue weighted by molar-refractivity contribution is 7.92. The maximum absolute atomic E-state index is 12.2. The van der Waals surface area contributed by atoms with E-state index in [4.69, 9.17) is 22.1 Å². The van der Waals surface area contributed by atoms with Crippen molar-refractivity contribution < 1.29 is 13.2 Å². The van der Waals surface area contributed by atoms with Gasteiger partial charge in [0.25, 0.3) is 10.0 Å². The number of nitrogen functional groups attached to an aromatic ring is 1. The average Bonchev–Trinajstić information content (AvgIpc) is 2.38. The molecule has 2 rings (SSSR count). The van der Waals surface area contributed by atoms with Gasteiger partial charge in [-0.05, 0) is 36.4 Å². The molecule has 0 saturated heterocycles. The van der Waals surface area contributed by atoms with Gasteiger partial charge >= 0.3 is 0 Å². The van der Waals surface area contributed by atoms with Crippen molar-refractivity contribution in [3.8, 4) is 5.75 Å². The molecule has 0 radical (unpaired) electrons. The highest BCUT2D eigenvalue weighted by atomic mass is 35.5. The van der Waals surface area contributed by atoms with E-state index in [1.165, 1.54) is 25.3 Å². The van der Waals surface area contributed by atoms with Gasteiger partial charge in [-0.25, -0.2) is 8.42 Å². The number of nitrogens with one attached hydrogen (secondary N) is 1. The summed E-state index contributed by atoms with van der Waals surface area (Å²) in [5.74, 6) is 0.471. The van der Waals surface area contributed by atoms with Crippen LogP contribution in [0.2, 0.25) is 5.02 Å². The van der Waals surface area contributed by atoms with Crippen LogP contribution in [-0.2, 0) is 10.0 Å². The van der Waals surface area contributed by atoms with Crippen molar-refractivity contribution in [3.05, 3.63) is 47.5 Å². The Bertz CT molecular complexity index is 732. The first-order valence-corrected chi connectivity index (χ1v) is 7.50. The molecule has 0 bridgehead atoms. The lowest BCUT2D eigenvalue weighted by atomic mass is 10.3. The first kappa shape index (κ1) is 14.5. The summed E-state index contributed by atoms with van der Waals surface area (Å²) in [5, 5.41) is 0.320. The minimum atomic E-state index is -3.70. The number of hydrogen-bond acceptors (Lipinski definition) is 4. The molecule has 20 heavy (non-hydrogen) atoms. The normalized spacial score (nSPS) is 11.1. The summed E-state index contributed by atoms with van der Waals surface area (Å²) in [4.78, 5) is 0.0874. The van der Waals surface area contributed by atoms with Gasteiger partial charge in [-0.3, -0.25) is 4.72 Å². The number of ether oxygens (including phenoxy) is 1. The number of methoxy groups -OCH3 is 1. The number of rotatable bonds is 4. The summed E-state index contributed by atoms with van der Waals surface area (Å²) in [7, 11) is -2.22. The van der Waals surface area contributed by atoms with Gasteiger partial charge in [-0.15, -0.1) is 0 Å². The lowest BCUT2D eigenvalue weighted by Crippen LogP contribution is -2.13. The third-order valence-corrected chi connectivity index (χ3v) is 4.25. The van der Waals surface area contributed by atoms with Crippen LogP contribution in [0.1, 0.15) is 0 Å². The van der Waals surface area contributed by atoms with E-state index < -0.39 is 10.0 Å². The van der Waals surface area contributed by atoms with Crippen LogP contribution in [0.3, 0.4) is 0 Å². The molecule has 0 spiro atoms. The fourth-order valence-corrected chi connectivity index (χ4v) is 2.99. The quantitative estimate of drug-likeness (QED) is 0.851. The molecule has 0 unspecified atom stereocenters. The average molecular weight is 313 g/mol. The second-order valence-electron chi connectivity index (χ2n) is 4.03. The lowest BCUT2D eigenvalue weighted by molar-refractivity contribution is 0.415. The SMILES string of the molecule is COc1ccc(NS(=O)(=O)c2cccc(N)c2)cc1Cl. The molecule has 0 fully saturated rings. The van der Waals surface area contributed by atoms with Crippen LogP contribution in [0, 0.1) is 0 Å². The second-order valence-corrected chi connectivity index (χ2v) is 6.12. The van der Waals surface area contributed by atoms with Crippen molar-refractivity contribution in [2.45, 2.75) is 4.90 Å². The van der Waals surface area contributed by atoms with Crippen LogP contribution in [0.25, 0.3) is 0 Å². The summed E-state index contributed by atoms with van der Waals surface area (Å²) < 4.78 is 31.8. The third kappa shape index (κ3) is 3.15. The molecule has 0 aliphatic heterocycles. The van der Waals surface area contributed by atoms with Crippen molar-refractivity contribution in [1.29, 1.82) is 0 Å². The first-order chi connectivity index (χ1) is 9.42. The number of hydrogen-bond donors (Lipinski definition) is 2. The van der Waals surface area contributed by atoms with Crippen molar-refractivity contribution in [2.75, 3.05) is 17.6 Å². The zero-order valence-corrected chi connectivity index (χ0v) is 12.2. The van der Waals surface area contributed by atoms with Crippen LogP contribution >= 0.6 is 11.6 Å².